The van der Waals surface area contributed by atoms with Gasteiger partial charge in [0.1, 0.15) is 5.60 Å². The number of benzene rings is 3. The normalized spacial score (nSPS) is 12.6. The molecule has 0 spiro atoms. The van der Waals surface area contributed by atoms with Gasteiger partial charge in [0, 0.05) is 0 Å². The predicted molar refractivity (Wildman–Crippen MR) is 116 cm³/mol. The Labute approximate surface area is 172 Å². The summed E-state index contributed by atoms with van der Waals surface area (Å²) in [5.74, 6) is 0. The first-order valence-electron chi connectivity index (χ1n) is 9.27. The van der Waals surface area contributed by atoms with E-state index >= 15 is 0 Å². The van der Waals surface area contributed by atoms with Crippen LogP contribution in [0.2, 0.25) is 0 Å². The van der Waals surface area contributed by atoms with Crippen molar-refractivity contribution in [3.63, 3.8) is 0 Å². The van der Waals surface area contributed by atoms with Crippen molar-refractivity contribution in [2.45, 2.75) is 43.4 Å². The molecule has 0 saturated heterocycles. The van der Waals surface area contributed by atoms with E-state index in [-0.39, 0.29) is 0 Å². The highest BCUT2D eigenvalue weighted by atomic mass is 32.2. The first-order chi connectivity index (χ1) is 13.5. The molecule has 154 valence electrons. The predicted octanol–water partition coefficient (Wildman–Crippen LogP) is 5.25. The lowest BCUT2D eigenvalue weighted by molar-refractivity contribution is 0.0600. The summed E-state index contributed by atoms with van der Waals surface area (Å²) in [5, 5.41) is 1.48. The summed E-state index contributed by atoms with van der Waals surface area (Å²) in [6, 6.07) is 22.3. The molecule has 0 aliphatic rings. The second-order valence-corrected chi connectivity index (χ2v) is 9.87. The van der Waals surface area contributed by atoms with E-state index in [2.05, 4.69) is 4.74 Å². The summed E-state index contributed by atoms with van der Waals surface area (Å²) >= 11 is 0. The van der Waals surface area contributed by atoms with Crippen LogP contribution in [0.5, 0.6) is 0 Å². The van der Waals surface area contributed by atoms with Crippen LogP contribution in [0.1, 0.15) is 38.5 Å². The van der Waals surface area contributed by atoms with Crippen LogP contribution >= 0.6 is 0 Å². The molecule has 3 aromatic rings. The summed E-state index contributed by atoms with van der Waals surface area (Å²) in [6.45, 7) is 7.04. The fourth-order valence-corrected chi connectivity index (χ4v) is 4.37. The van der Waals surface area contributed by atoms with Gasteiger partial charge < -0.3 is 10.5 Å². The second kappa shape index (κ2) is 9.09. The number of carbonyl (C=O) groups excluding carboxylic acids is 1. The van der Waals surface area contributed by atoms with Gasteiger partial charge in [0.2, 0.25) is 0 Å². The van der Waals surface area contributed by atoms with Crippen molar-refractivity contribution in [1.82, 2.24) is 0 Å². The number of sulfone groups is 1. The van der Waals surface area contributed by atoms with E-state index in [0.29, 0.717) is 4.90 Å². The van der Waals surface area contributed by atoms with E-state index in [0.717, 1.165) is 16.3 Å². The van der Waals surface area contributed by atoms with Crippen LogP contribution in [-0.4, -0.2) is 20.1 Å². The van der Waals surface area contributed by atoms with E-state index in [1.807, 2.05) is 48.5 Å². The summed E-state index contributed by atoms with van der Waals surface area (Å²) in [6.07, 6.45) is -0.725. The minimum Gasteiger partial charge on any atom is -0.444 e. The largest absolute Gasteiger partial charge is 0.444 e. The van der Waals surface area contributed by atoms with E-state index in [1.54, 1.807) is 52.0 Å². The molecule has 0 heterocycles. The molecule has 6 heteroatoms. The van der Waals surface area contributed by atoms with E-state index in [4.69, 9.17) is 5.73 Å². The van der Waals surface area contributed by atoms with E-state index < -0.39 is 26.8 Å². The highest BCUT2D eigenvalue weighted by Crippen LogP contribution is 2.32. The number of fused-ring (bicyclic) bond motifs is 1. The summed E-state index contributed by atoms with van der Waals surface area (Å²) in [4.78, 5) is 10.4. The first kappa shape index (κ1) is 22.4. The van der Waals surface area contributed by atoms with Gasteiger partial charge in [-0.15, -0.1) is 0 Å². The fourth-order valence-electron chi connectivity index (χ4n) is 2.89. The highest BCUT2D eigenvalue weighted by Gasteiger charge is 2.25. The average Bonchev–Trinajstić information content (AvgIpc) is 2.66. The van der Waals surface area contributed by atoms with E-state index in [1.165, 1.54) is 0 Å². The maximum Gasteiger partial charge on any atom is 0.405 e. The molecule has 0 saturated carbocycles. The van der Waals surface area contributed by atoms with Crippen LogP contribution in [0.15, 0.2) is 77.7 Å². The standard InChI is InChI=1S/C18H16O2S.C5H11NO2/c1-14(21(19,20)16-10-3-2-4-11-16)17-13-7-9-15-8-5-6-12-18(15)17;1-5(2,3)8-4(6)7/h2-14H,1H3;1-3H3,(H2,6,7). The number of carbonyl (C=O) groups is 1. The monoisotopic (exact) mass is 413 g/mol. The second-order valence-electron chi connectivity index (χ2n) is 7.60. The summed E-state index contributed by atoms with van der Waals surface area (Å²) in [7, 11) is -3.38. The molecule has 3 rings (SSSR count). The Bertz CT molecular complexity index is 1070. The van der Waals surface area contributed by atoms with Crippen molar-refractivity contribution >= 4 is 26.7 Å². The van der Waals surface area contributed by atoms with Gasteiger partial charge in [-0.05, 0) is 56.2 Å². The maximum atomic E-state index is 12.8. The lowest BCUT2D eigenvalue weighted by Gasteiger charge is -2.16. The van der Waals surface area contributed by atoms with Crippen molar-refractivity contribution in [2.24, 2.45) is 5.73 Å². The van der Waals surface area contributed by atoms with Crippen LogP contribution in [0.4, 0.5) is 4.79 Å². The zero-order chi connectivity index (χ0) is 21.7. The Morgan fingerprint density at radius 2 is 1.45 bits per heavy atom. The van der Waals surface area contributed by atoms with Crippen molar-refractivity contribution in [3.8, 4) is 0 Å². The van der Waals surface area contributed by atoms with Crippen molar-refractivity contribution < 1.29 is 17.9 Å². The first-order valence-corrected chi connectivity index (χ1v) is 10.8. The molecule has 1 unspecified atom stereocenters. The molecular formula is C23H27NO4S. The highest BCUT2D eigenvalue weighted by molar-refractivity contribution is 7.91. The molecule has 1 amide bonds. The zero-order valence-electron chi connectivity index (χ0n) is 17.1. The van der Waals surface area contributed by atoms with Gasteiger partial charge in [-0.3, -0.25) is 0 Å². The Kier molecular flexibility index (Phi) is 7.03. The number of hydrogen-bond donors (Lipinski definition) is 1. The van der Waals surface area contributed by atoms with Crippen molar-refractivity contribution in [2.75, 3.05) is 0 Å². The minimum atomic E-state index is -3.38. The van der Waals surface area contributed by atoms with Crippen molar-refractivity contribution in [3.05, 3.63) is 78.4 Å². The molecular weight excluding hydrogens is 386 g/mol. The molecule has 0 aliphatic carbocycles. The minimum absolute atomic E-state index is 0.366. The van der Waals surface area contributed by atoms with Crippen LogP contribution in [-0.2, 0) is 14.6 Å². The molecule has 2 N–H and O–H groups in total. The number of primary amides is 1. The zero-order valence-corrected chi connectivity index (χ0v) is 17.9. The third-order valence-corrected chi connectivity index (χ3v) is 6.32. The molecule has 0 aromatic heterocycles. The number of amides is 1. The average molecular weight is 414 g/mol. The molecule has 1 atom stereocenters. The van der Waals surface area contributed by atoms with Gasteiger partial charge >= 0.3 is 6.09 Å². The smallest absolute Gasteiger partial charge is 0.405 e. The van der Waals surface area contributed by atoms with E-state index in [9.17, 15) is 13.2 Å². The Hall–Kier alpha value is -2.86. The summed E-state index contributed by atoms with van der Waals surface area (Å²) < 4.78 is 30.1. The molecule has 0 aliphatic heterocycles. The molecule has 29 heavy (non-hydrogen) atoms. The quantitative estimate of drug-likeness (QED) is 0.635. The van der Waals surface area contributed by atoms with Crippen LogP contribution < -0.4 is 5.73 Å². The third-order valence-electron chi connectivity index (χ3n) is 4.21. The summed E-state index contributed by atoms with van der Waals surface area (Å²) in [5.41, 5.74) is 5.11. The SMILES string of the molecule is CC(C)(C)OC(N)=O.CC(c1cccc2ccccc12)S(=O)(=O)c1ccccc1. The lowest BCUT2D eigenvalue weighted by Crippen LogP contribution is -2.27. The van der Waals surface area contributed by atoms with Crippen LogP contribution in [0.3, 0.4) is 0 Å². The van der Waals surface area contributed by atoms with Crippen LogP contribution in [0.25, 0.3) is 10.8 Å². The van der Waals surface area contributed by atoms with Gasteiger partial charge in [-0.25, -0.2) is 13.2 Å². The number of nitrogens with two attached hydrogens (primary N) is 1. The maximum absolute atomic E-state index is 12.8. The lowest BCUT2D eigenvalue weighted by atomic mass is 10.0. The van der Waals surface area contributed by atoms with Gasteiger partial charge in [0.05, 0.1) is 10.1 Å². The Morgan fingerprint density at radius 3 is 2.00 bits per heavy atom. The molecule has 0 fully saturated rings. The molecule has 5 nitrogen and oxygen atoms in total. The molecule has 0 radical (unpaired) electrons. The van der Waals surface area contributed by atoms with Gasteiger partial charge in [0.25, 0.3) is 0 Å². The number of rotatable bonds is 3. The van der Waals surface area contributed by atoms with Crippen LogP contribution in [0, 0.1) is 0 Å². The Balaban J connectivity index is 0.000000321. The van der Waals surface area contributed by atoms with Gasteiger partial charge in [-0.1, -0.05) is 60.7 Å². The molecule has 3 aromatic carbocycles. The topological polar surface area (TPSA) is 86.5 Å². The van der Waals surface area contributed by atoms with Crippen molar-refractivity contribution in [1.29, 1.82) is 0 Å². The number of hydrogen-bond acceptors (Lipinski definition) is 4. The van der Waals surface area contributed by atoms with Gasteiger partial charge in [0.15, 0.2) is 9.84 Å². The number of ether oxygens (including phenoxy) is 1. The third kappa shape index (κ3) is 6.06. The van der Waals surface area contributed by atoms with Gasteiger partial charge in [-0.2, -0.15) is 0 Å². The fraction of sp³-hybridized carbons (Fsp3) is 0.261. The molecule has 0 bridgehead atoms. The Morgan fingerprint density at radius 1 is 0.897 bits per heavy atom.